The van der Waals surface area contributed by atoms with Crippen molar-refractivity contribution in [1.29, 1.82) is 0 Å². The smallest absolute Gasteiger partial charge is 0.232 e. The quantitative estimate of drug-likeness (QED) is 0.763. The highest BCUT2D eigenvalue weighted by Crippen LogP contribution is 2.24. The van der Waals surface area contributed by atoms with Gasteiger partial charge in [-0.2, -0.15) is 0 Å². The molecule has 0 radical (unpaired) electrons. The summed E-state index contributed by atoms with van der Waals surface area (Å²) in [6.45, 7) is 4.40. The van der Waals surface area contributed by atoms with Gasteiger partial charge in [-0.3, -0.25) is 14.5 Å². The van der Waals surface area contributed by atoms with E-state index in [0.717, 1.165) is 12.8 Å². The number of benzene rings is 1. The molecule has 18 heavy (non-hydrogen) atoms. The molecular weight excluding hydrogens is 226 g/mol. The average Bonchev–Trinajstić information content (AvgIpc) is 2.63. The summed E-state index contributed by atoms with van der Waals surface area (Å²) in [7, 11) is 0. The molecule has 0 saturated carbocycles. The first-order valence-corrected chi connectivity index (χ1v) is 6.51. The van der Waals surface area contributed by atoms with Crippen LogP contribution in [0.3, 0.4) is 0 Å². The van der Waals surface area contributed by atoms with Crippen LogP contribution in [0, 0.1) is 12.8 Å². The van der Waals surface area contributed by atoms with Crippen LogP contribution in [0.1, 0.15) is 30.9 Å². The van der Waals surface area contributed by atoms with Crippen molar-refractivity contribution in [3.8, 4) is 0 Å². The van der Waals surface area contributed by atoms with E-state index in [1.807, 2.05) is 6.92 Å². The zero-order chi connectivity index (χ0) is 13.1. The fraction of sp³-hybridized carbons (Fsp3) is 0.467. The van der Waals surface area contributed by atoms with E-state index in [9.17, 15) is 9.59 Å². The SMILES string of the molecule is CCN1C(=O)C[C@@H](CCc2ccc(C)cc2)C1=O. The summed E-state index contributed by atoms with van der Waals surface area (Å²) in [5.41, 5.74) is 2.47. The van der Waals surface area contributed by atoms with Gasteiger partial charge in [0.05, 0.1) is 0 Å². The van der Waals surface area contributed by atoms with Crippen molar-refractivity contribution < 1.29 is 9.59 Å². The molecule has 0 bridgehead atoms. The van der Waals surface area contributed by atoms with Crippen LogP contribution in [0.2, 0.25) is 0 Å². The van der Waals surface area contributed by atoms with Gasteiger partial charge in [-0.05, 0) is 32.3 Å². The Balaban J connectivity index is 1.93. The first kappa shape index (κ1) is 12.8. The van der Waals surface area contributed by atoms with Crippen LogP contribution < -0.4 is 0 Å². The van der Waals surface area contributed by atoms with Crippen LogP contribution in [-0.2, 0) is 16.0 Å². The summed E-state index contributed by atoms with van der Waals surface area (Å²) >= 11 is 0. The molecule has 96 valence electrons. The number of imide groups is 1. The predicted octanol–water partition coefficient (Wildman–Crippen LogP) is 2.32. The summed E-state index contributed by atoms with van der Waals surface area (Å²) in [6, 6.07) is 8.34. The highest BCUT2D eigenvalue weighted by molar-refractivity contribution is 6.03. The third kappa shape index (κ3) is 2.61. The molecule has 1 aromatic rings. The van der Waals surface area contributed by atoms with Crippen molar-refractivity contribution >= 4 is 11.8 Å². The van der Waals surface area contributed by atoms with Gasteiger partial charge in [-0.15, -0.1) is 0 Å². The lowest BCUT2D eigenvalue weighted by Gasteiger charge is -2.11. The van der Waals surface area contributed by atoms with Gasteiger partial charge in [0, 0.05) is 18.9 Å². The van der Waals surface area contributed by atoms with E-state index in [1.165, 1.54) is 16.0 Å². The summed E-state index contributed by atoms with van der Waals surface area (Å²) in [4.78, 5) is 24.9. The zero-order valence-electron chi connectivity index (χ0n) is 11.0. The number of amides is 2. The lowest BCUT2D eigenvalue weighted by Crippen LogP contribution is -2.30. The van der Waals surface area contributed by atoms with E-state index >= 15 is 0 Å². The van der Waals surface area contributed by atoms with E-state index in [1.54, 1.807) is 0 Å². The Bertz CT molecular complexity index is 450. The molecule has 3 nitrogen and oxygen atoms in total. The topological polar surface area (TPSA) is 37.4 Å². The van der Waals surface area contributed by atoms with E-state index in [4.69, 9.17) is 0 Å². The molecule has 0 aliphatic carbocycles. The molecule has 0 spiro atoms. The van der Waals surface area contributed by atoms with Crippen LogP contribution in [-0.4, -0.2) is 23.3 Å². The molecule has 2 rings (SSSR count). The minimum absolute atomic E-state index is 0.00890. The molecule has 1 fully saturated rings. The van der Waals surface area contributed by atoms with Crippen LogP contribution in [0.5, 0.6) is 0 Å². The number of nitrogens with zero attached hydrogens (tertiary/aromatic N) is 1. The Labute approximate surface area is 108 Å². The van der Waals surface area contributed by atoms with Crippen molar-refractivity contribution in [2.24, 2.45) is 5.92 Å². The van der Waals surface area contributed by atoms with E-state index in [0.29, 0.717) is 13.0 Å². The molecule has 0 N–H and O–H groups in total. The van der Waals surface area contributed by atoms with Crippen LogP contribution in [0.4, 0.5) is 0 Å². The molecular formula is C15H19NO2. The first-order chi connectivity index (χ1) is 8.61. The third-order valence-corrected chi connectivity index (χ3v) is 3.56. The van der Waals surface area contributed by atoms with Gasteiger partial charge in [-0.1, -0.05) is 29.8 Å². The van der Waals surface area contributed by atoms with Crippen molar-refractivity contribution in [3.63, 3.8) is 0 Å². The number of aryl methyl sites for hydroxylation is 2. The van der Waals surface area contributed by atoms with E-state index in [2.05, 4.69) is 31.2 Å². The highest BCUT2D eigenvalue weighted by atomic mass is 16.2. The lowest BCUT2D eigenvalue weighted by molar-refractivity contribution is -0.139. The van der Waals surface area contributed by atoms with Gasteiger partial charge >= 0.3 is 0 Å². The second kappa shape index (κ2) is 5.34. The summed E-state index contributed by atoms with van der Waals surface area (Å²) in [5.74, 6) is -0.121. The molecule has 0 aromatic heterocycles. The fourth-order valence-electron chi connectivity index (χ4n) is 2.40. The van der Waals surface area contributed by atoms with E-state index in [-0.39, 0.29) is 17.7 Å². The molecule has 1 saturated heterocycles. The van der Waals surface area contributed by atoms with Crippen LogP contribution >= 0.6 is 0 Å². The standard InChI is InChI=1S/C15H19NO2/c1-3-16-14(17)10-13(15(16)18)9-8-12-6-4-11(2)5-7-12/h4-7,13H,3,8-10H2,1-2H3/t13-/m1/s1. The molecule has 3 heteroatoms. The Hall–Kier alpha value is -1.64. The number of rotatable bonds is 4. The molecule has 1 heterocycles. The second-order valence-electron chi connectivity index (χ2n) is 4.90. The van der Waals surface area contributed by atoms with Gasteiger partial charge in [0.2, 0.25) is 11.8 Å². The zero-order valence-corrected chi connectivity index (χ0v) is 11.0. The van der Waals surface area contributed by atoms with Gasteiger partial charge in [0.25, 0.3) is 0 Å². The van der Waals surface area contributed by atoms with Crippen molar-refractivity contribution in [3.05, 3.63) is 35.4 Å². The Morgan fingerprint density at radius 2 is 1.89 bits per heavy atom. The average molecular weight is 245 g/mol. The summed E-state index contributed by atoms with van der Waals surface area (Å²) < 4.78 is 0. The molecule has 1 aromatic carbocycles. The molecule has 1 atom stereocenters. The number of carbonyl (C=O) groups excluding carboxylic acids is 2. The third-order valence-electron chi connectivity index (χ3n) is 3.56. The van der Waals surface area contributed by atoms with Crippen LogP contribution in [0.25, 0.3) is 0 Å². The largest absolute Gasteiger partial charge is 0.283 e. The lowest BCUT2D eigenvalue weighted by atomic mass is 9.98. The second-order valence-corrected chi connectivity index (χ2v) is 4.90. The Kier molecular flexibility index (Phi) is 3.80. The van der Waals surface area contributed by atoms with Crippen LogP contribution in [0.15, 0.2) is 24.3 Å². The number of hydrogen-bond acceptors (Lipinski definition) is 2. The Morgan fingerprint density at radius 3 is 2.44 bits per heavy atom. The fourth-order valence-corrected chi connectivity index (χ4v) is 2.40. The number of carbonyl (C=O) groups is 2. The van der Waals surface area contributed by atoms with Gasteiger partial charge in [0.1, 0.15) is 0 Å². The number of likely N-dealkylation sites (tertiary alicyclic amines) is 1. The van der Waals surface area contributed by atoms with Gasteiger partial charge in [-0.25, -0.2) is 0 Å². The predicted molar refractivity (Wildman–Crippen MR) is 70.0 cm³/mol. The molecule has 1 aliphatic heterocycles. The van der Waals surface area contributed by atoms with E-state index < -0.39 is 0 Å². The molecule has 2 amide bonds. The maximum atomic E-state index is 11.9. The van der Waals surface area contributed by atoms with Crippen molar-refractivity contribution in [2.75, 3.05) is 6.54 Å². The van der Waals surface area contributed by atoms with Gasteiger partial charge in [0.15, 0.2) is 0 Å². The Morgan fingerprint density at radius 1 is 1.22 bits per heavy atom. The first-order valence-electron chi connectivity index (χ1n) is 6.51. The maximum Gasteiger partial charge on any atom is 0.232 e. The number of hydrogen-bond donors (Lipinski definition) is 0. The van der Waals surface area contributed by atoms with Gasteiger partial charge < -0.3 is 0 Å². The minimum Gasteiger partial charge on any atom is -0.283 e. The highest BCUT2D eigenvalue weighted by Gasteiger charge is 2.36. The summed E-state index contributed by atoms with van der Waals surface area (Å²) in [5, 5.41) is 0. The molecule has 1 aliphatic rings. The maximum absolute atomic E-state index is 11.9. The molecule has 0 unspecified atom stereocenters. The van der Waals surface area contributed by atoms with Crippen molar-refractivity contribution in [1.82, 2.24) is 4.90 Å². The normalized spacial score (nSPS) is 19.7. The monoisotopic (exact) mass is 245 g/mol. The minimum atomic E-state index is -0.112. The van der Waals surface area contributed by atoms with Crippen molar-refractivity contribution in [2.45, 2.75) is 33.1 Å². The summed E-state index contributed by atoms with van der Waals surface area (Å²) in [6.07, 6.45) is 2.02.